The predicted molar refractivity (Wildman–Crippen MR) is 53.9 cm³/mol. The third-order valence-corrected chi connectivity index (χ3v) is 1.62. The summed E-state index contributed by atoms with van der Waals surface area (Å²) in [5.74, 6) is 0. The third kappa shape index (κ3) is 4.94. The number of rotatable bonds is 5. The number of hydrogen-bond donors (Lipinski definition) is 0. The summed E-state index contributed by atoms with van der Waals surface area (Å²) in [6, 6.07) is 9.04. The molecule has 0 bridgehead atoms. The van der Waals surface area contributed by atoms with E-state index in [1.54, 1.807) is 12.1 Å². The molecule has 0 aliphatic rings. The molecule has 0 saturated heterocycles. The van der Waals surface area contributed by atoms with Gasteiger partial charge in [-0.3, -0.25) is 10.1 Å². The molecule has 0 fully saturated rings. The molecule has 0 aromatic heterocycles. The summed E-state index contributed by atoms with van der Waals surface area (Å²) in [4.78, 5) is 20.1. The van der Waals surface area contributed by atoms with Crippen LogP contribution in [0.2, 0.25) is 0 Å². The van der Waals surface area contributed by atoms with Crippen molar-refractivity contribution in [3.05, 3.63) is 52.6 Å². The molecule has 6 nitrogen and oxygen atoms in total. The van der Waals surface area contributed by atoms with Crippen molar-refractivity contribution < 1.29 is 19.2 Å². The van der Waals surface area contributed by atoms with Crippen LogP contribution in [-0.4, -0.2) is 17.7 Å². The molecule has 0 saturated carbocycles. The monoisotopic (exact) mass is 224 g/mol. The minimum Gasteiger partial charge on any atom is -0.429 e. The zero-order valence-electron chi connectivity index (χ0n) is 8.37. The maximum Gasteiger partial charge on any atom is 0.508 e. The SMILES string of the molecule is O=C(OC[CH][N+](=O)[O-])OCc1ccccc1. The van der Waals surface area contributed by atoms with Gasteiger partial charge in [0.05, 0.1) is 0 Å². The van der Waals surface area contributed by atoms with Crippen molar-refractivity contribution in [3.63, 3.8) is 0 Å². The normalized spacial score (nSPS) is 9.50. The second-order valence-corrected chi connectivity index (χ2v) is 2.80. The summed E-state index contributed by atoms with van der Waals surface area (Å²) < 4.78 is 9.12. The van der Waals surface area contributed by atoms with E-state index in [-0.39, 0.29) is 6.61 Å². The largest absolute Gasteiger partial charge is 0.508 e. The van der Waals surface area contributed by atoms with Gasteiger partial charge in [-0.2, -0.15) is 0 Å². The summed E-state index contributed by atoms with van der Waals surface area (Å²) >= 11 is 0. The van der Waals surface area contributed by atoms with Gasteiger partial charge in [0.2, 0.25) is 0 Å². The topological polar surface area (TPSA) is 78.7 Å². The molecule has 0 amide bonds. The van der Waals surface area contributed by atoms with E-state index in [0.29, 0.717) is 6.54 Å². The van der Waals surface area contributed by atoms with Crippen molar-refractivity contribution >= 4 is 6.16 Å². The molecule has 1 rings (SSSR count). The van der Waals surface area contributed by atoms with Gasteiger partial charge in [-0.1, -0.05) is 30.3 Å². The number of carbonyl (C=O) groups is 1. The van der Waals surface area contributed by atoms with Crippen LogP contribution in [0.5, 0.6) is 0 Å². The Morgan fingerprint density at radius 3 is 2.62 bits per heavy atom. The van der Waals surface area contributed by atoms with Crippen LogP contribution >= 0.6 is 0 Å². The molecule has 0 heterocycles. The number of ether oxygens (including phenoxy) is 2. The lowest BCUT2D eigenvalue weighted by atomic mass is 10.2. The Kier molecular flexibility index (Phi) is 4.78. The fourth-order valence-electron chi connectivity index (χ4n) is 0.924. The number of nitrogens with zero attached hydrogens (tertiary/aromatic N) is 1. The molecular formula is C10H10NO5. The Balaban J connectivity index is 2.18. The molecule has 1 aromatic carbocycles. The quantitative estimate of drug-likeness (QED) is 0.432. The minimum atomic E-state index is -0.929. The highest BCUT2D eigenvalue weighted by Gasteiger charge is 2.07. The van der Waals surface area contributed by atoms with E-state index in [2.05, 4.69) is 4.74 Å². The van der Waals surface area contributed by atoms with Gasteiger partial charge in [-0.05, 0) is 5.56 Å². The lowest BCUT2D eigenvalue weighted by Crippen LogP contribution is -2.11. The minimum absolute atomic E-state index is 0.0815. The Labute approximate surface area is 91.9 Å². The van der Waals surface area contributed by atoms with Crippen molar-refractivity contribution in [2.45, 2.75) is 6.61 Å². The smallest absolute Gasteiger partial charge is 0.429 e. The average molecular weight is 224 g/mol. The van der Waals surface area contributed by atoms with Crippen LogP contribution in [0.4, 0.5) is 4.79 Å². The van der Waals surface area contributed by atoms with Crippen LogP contribution < -0.4 is 0 Å². The lowest BCUT2D eigenvalue weighted by molar-refractivity contribution is -0.439. The highest BCUT2D eigenvalue weighted by molar-refractivity contribution is 5.59. The van der Waals surface area contributed by atoms with Gasteiger partial charge < -0.3 is 9.47 Å². The standard InChI is InChI=1S/C10H10NO5/c12-10(15-7-6-11(13)14)16-8-9-4-2-1-3-5-9/h1-6H,7-8H2. The maximum absolute atomic E-state index is 10.9. The number of nitro groups is 1. The molecule has 1 aromatic rings. The Morgan fingerprint density at radius 1 is 1.31 bits per heavy atom. The lowest BCUT2D eigenvalue weighted by Gasteiger charge is -2.03. The molecule has 0 aliphatic carbocycles. The first kappa shape index (κ1) is 12.0. The Morgan fingerprint density at radius 2 is 2.00 bits per heavy atom. The fraction of sp³-hybridized carbons (Fsp3) is 0.200. The van der Waals surface area contributed by atoms with Crippen LogP contribution in [0.25, 0.3) is 0 Å². The maximum atomic E-state index is 10.9. The summed E-state index contributed by atoms with van der Waals surface area (Å²) in [5.41, 5.74) is 0.817. The first-order valence-corrected chi connectivity index (χ1v) is 4.49. The highest BCUT2D eigenvalue weighted by atomic mass is 16.7. The van der Waals surface area contributed by atoms with Gasteiger partial charge in [-0.15, -0.1) is 0 Å². The molecule has 0 aliphatic heterocycles. The summed E-state index contributed by atoms with van der Waals surface area (Å²) in [6.45, 7) is 0.308. The summed E-state index contributed by atoms with van der Waals surface area (Å²) in [6.07, 6.45) is -0.929. The number of hydrogen-bond acceptors (Lipinski definition) is 5. The second kappa shape index (κ2) is 6.39. The van der Waals surface area contributed by atoms with Gasteiger partial charge in [0.1, 0.15) is 6.61 Å². The molecule has 85 valence electrons. The van der Waals surface area contributed by atoms with Gasteiger partial charge in [0, 0.05) is 4.92 Å². The Bertz CT molecular complexity index is 351. The molecule has 0 atom stereocenters. The van der Waals surface area contributed by atoms with E-state index in [1.807, 2.05) is 18.2 Å². The van der Waals surface area contributed by atoms with Crippen molar-refractivity contribution in [1.29, 1.82) is 0 Å². The van der Waals surface area contributed by atoms with Crippen molar-refractivity contribution in [1.82, 2.24) is 0 Å². The van der Waals surface area contributed by atoms with Gasteiger partial charge >= 0.3 is 12.7 Å². The van der Waals surface area contributed by atoms with E-state index >= 15 is 0 Å². The van der Waals surface area contributed by atoms with E-state index in [4.69, 9.17) is 4.74 Å². The van der Waals surface area contributed by atoms with Gasteiger partial charge in [0.15, 0.2) is 6.61 Å². The van der Waals surface area contributed by atoms with Crippen molar-refractivity contribution in [3.8, 4) is 0 Å². The van der Waals surface area contributed by atoms with E-state index in [0.717, 1.165) is 5.56 Å². The van der Waals surface area contributed by atoms with E-state index < -0.39 is 17.7 Å². The highest BCUT2D eigenvalue weighted by Crippen LogP contribution is 2.01. The van der Waals surface area contributed by atoms with E-state index in [1.165, 1.54) is 0 Å². The van der Waals surface area contributed by atoms with Gasteiger partial charge in [0.25, 0.3) is 0 Å². The summed E-state index contributed by atoms with van der Waals surface area (Å²) in [5, 5.41) is 9.88. The van der Waals surface area contributed by atoms with Gasteiger partial charge in [-0.25, -0.2) is 4.79 Å². The zero-order chi connectivity index (χ0) is 11.8. The van der Waals surface area contributed by atoms with Crippen LogP contribution in [0.1, 0.15) is 5.56 Å². The third-order valence-electron chi connectivity index (χ3n) is 1.62. The molecule has 0 N–H and O–H groups in total. The van der Waals surface area contributed by atoms with Crippen molar-refractivity contribution in [2.75, 3.05) is 6.61 Å². The average Bonchev–Trinajstić information content (AvgIpc) is 2.27. The zero-order valence-corrected chi connectivity index (χ0v) is 8.37. The number of benzene rings is 1. The molecule has 1 radical (unpaired) electrons. The second-order valence-electron chi connectivity index (χ2n) is 2.80. The van der Waals surface area contributed by atoms with Crippen LogP contribution in [-0.2, 0) is 16.1 Å². The first-order chi connectivity index (χ1) is 7.68. The predicted octanol–water partition coefficient (Wildman–Crippen LogP) is 1.78. The number of carbonyl (C=O) groups excluding carboxylic acids is 1. The fourth-order valence-corrected chi connectivity index (χ4v) is 0.924. The van der Waals surface area contributed by atoms with Crippen LogP contribution in [0.15, 0.2) is 30.3 Å². The Hall–Kier alpha value is -2.11. The van der Waals surface area contributed by atoms with Crippen molar-refractivity contribution in [2.24, 2.45) is 0 Å². The van der Waals surface area contributed by atoms with E-state index in [9.17, 15) is 14.9 Å². The van der Waals surface area contributed by atoms with Crippen LogP contribution in [0, 0.1) is 16.7 Å². The first-order valence-electron chi connectivity index (χ1n) is 4.49. The van der Waals surface area contributed by atoms with Crippen LogP contribution in [0.3, 0.4) is 0 Å². The molecule has 0 unspecified atom stereocenters. The summed E-state index contributed by atoms with van der Waals surface area (Å²) in [7, 11) is 0. The molecule has 16 heavy (non-hydrogen) atoms. The molecular weight excluding hydrogens is 214 g/mol. The molecule has 6 heteroatoms. The molecule has 0 spiro atoms.